The molecule has 6 heteroatoms. The van der Waals surface area contributed by atoms with Crippen LogP contribution in [0.4, 0.5) is 8.78 Å². The number of H-pyrrole nitrogens is 1. The van der Waals surface area contributed by atoms with Gasteiger partial charge in [-0.1, -0.05) is 44.0 Å². The molecule has 1 fully saturated rings. The molecule has 0 aliphatic heterocycles. The van der Waals surface area contributed by atoms with E-state index in [0.29, 0.717) is 21.7 Å². The summed E-state index contributed by atoms with van der Waals surface area (Å²) in [6.07, 6.45) is 5.85. The molecule has 1 aliphatic rings. The molecule has 1 aromatic carbocycles. The molecule has 0 amide bonds. The van der Waals surface area contributed by atoms with Crippen LogP contribution in [0.3, 0.4) is 0 Å². The summed E-state index contributed by atoms with van der Waals surface area (Å²) < 4.78 is 28.3. The van der Waals surface area contributed by atoms with Gasteiger partial charge in [-0.25, -0.2) is 13.8 Å². The Morgan fingerprint density at radius 1 is 1.20 bits per heavy atom. The molecule has 3 rings (SSSR count). The highest BCUT2D eigenvalue weighted by Crippen LogP contribution is 2.33. The largest absolute Gasteiger partial charge is 0.301 e. The number of halogens is 2. The number of nitrogens with zero attached hydrogens (tertiary/aromatic N) is 1. The van der Waals surface area contributed by atoms with Crippen molar-refractivity contribution in [2.24, 2.45) is 0 Å². The number of aromatic nitrogens is 2. The Balaban J connectivity index is 1.96. The van der Waals surface area contributed by atoms with E-state index in [-0.39, 0.29) is 11.1 Å². The van der Waals surface area contributed by atoms with Crippen molar-refractivity contribution in [3.05, 3.63) is 57.0 Å². The van der Waals surface area contributed by atoms with Crippen LogP contribution in [0.1, 0.15) is 61.8 Å². The molecule has 1 aromatic heterocycles. The summed E-state index contributed by atoms with van der Waals surface area (Å²) in [5.41, 5.74) is 0.554. The van der Waals surface area contributed by atoms with Gasteiger partial charge < -0.3 is 4.98 Å². The van der Waals surface area contributed by atoms with E-state index in [4.69, 9.17) is 0 Å². The van der Waals surface area contributed by atoms with E-state index in [1.807, 2.05) is 0 Å². The summed E-state index contributed by atoms with van der Waals surface area (Å²) in [6.45, 7) is 3.33. The molecule has 0 unspecified atom stereocenters. The number of rotatable bonds is 4. The second-order valence-corrected chi connectivity index (χ2v) is 7.91. The van der Waals surface area contributed by atoms with Crippen LogP contribution >= 0.6 is 11.8 Å². The normalized spacial score (nSPS) is 16.8. The SMILES string of the molecule is Cc1c([C@H](C)c2c(F)cccc2F)nc(SC2CCCCC2)[nH]c1=O. The number of aromatic amines is 1. The van der Waals surface area contributed by atoms with Crippen LogP contribution in [0.25, 0.3) is 0 Å². The first-order valence-electron chi connectivity index (χ1n) is 8.68. The smallest absolute Gasteiger partial charge is 0.254 e. The van der Waals surface area contributed by atoms with Crippen molar-refractivity contribution in [1.82, 2.24) is 9.97 Å². The molecular weight excluding hydrogens is 342 g/mol. The molecule has 2 aromatic rings. The van der Waals surface area contributed by atoms with E-state index in [1.165, 1.54) is 37.5 Å². The fourth-order valence-electron chi connectivity index (χ4n) is 3.41. The van der Waals surface area contributed by atoms with Gasteiger partial charge in [0.15, 0.2) is 5.16 Å². The average molecular weight is 364 g/mol. The lowest BCUT2D eigenvalue weighted by atomic mass is 9.94. The Morgan fingerprint density at radius 3 is 2.48 bits per heavy atom. The van der Waals surface area contributed by atoms with Crippen molar-refractivity contribution in [3.63, 3.8) is 0 Å². The quantitative estimate of drug-likeness (QED) is 0.782. The fraction of sp³-hybridized carbons (Fsp3) is 0.474. The van der Waals surface area contributed by atoms with Gasteiger partial charge in [0, 0.05) is 22.3 Å². The first-order valence-corrected chi connectivity index (χ1v) is 9.56. The number of hydrogen-bond acceptors (Lipinski definition) is 3. The van der Waals surface area contributed by atoms with Gasteiger partial charge in [0.25, 0.3) is 5.56 Å². The molecule has 0 spiro atoms. The molecular formula is C19H22F2N2OS. The number of nitrogens with one attached hydrogen (secondary N) is 1. The third-order valence-corrected chi connectivity index (χ3v) is 6.06. The first kappa shape index (κ1) is 18.1. The van der Waals surface area contributed by atoms with E-state index in [1.54, 1.807) is 25.6 Å². The molecule has 0 saturated heterocycles. The highest BCUT2D eigenvalue weighted by molar-refractivity contribution is 7.99. The number of hydrogen-bond donors (Lipinski definition) is 1. The van der Waals surface area contributed by atoms with Crippen molar-refractivity contribution in [1.29, 1.82) is 0 Å². The maximum Gasteiger partial charge on any atom is 0.254 e. The maximum atomic E-state index is 14.1. The van der Waals surface area contributed by atoms with E-state index in [9.17, 15) is 13.6 Å². The summed E-state index contributed by atoms with van der Waals surface area (Å²) in [5.74, 6) is -1.86. The fourth-order valence-corrected chi connectivity index (χ4v) is 4.60. The predicted octanol–water partition coefficient (Wildman–Crippen LogP) is 4.93. The molecule has 1 heterocycles. The van der Waals surface area contributed by atoms with E-state index in [2.05, 4.69) is 9.97 Å². The minimum Gasteiger partial charge on any atom is -0.301 e. The van der Waals surface area contributed by atoms with Gasteiger partial charge >= 0.3 is 0 Å². The van der Waals surface area contributed by atoms with Gasteiger partial charge in [-0.05, 0) is 31.9 Å². The van der Waals surface area contributed by atoms with Gasteiger partial charge in [0.2, 0.25) is 0 Å². The summed E-state index contributed by atoms with van der Waals surface area (Å²) in [7, 11) is 0. The molecule has 25 heavy (non-hydrogen) atoms. The monoisotopic (exact) mass is 364 g/mol. The summed E-state index contributed by atoms with van der Waals surface area (Å²) in [6, 6.07) is 3.80. The van der Waals surface area contributed by atoms with Gasteiger partial charge in [-0.3, -0.25) is 4.79 Å². The Hall–Kier alpha value is -1.69. The van der Waals surface area contributed by atoms with Crippen LogP contribution in [0.2, 0.25) is 0 Å². The van der Waals surface area contributed by atoms with E-state index < -0.39 is 17.6 Å². The molecule has 1 atom stereocenters. The van der Waals surface area contributed by atoms with Crippen molar-refractivity contribution in [2.75, 3.05) is 0 Å². The minimum atomic E-state index is -0.630. The highest BCUT2D eigenvalue weighted by atomic mass is 32.2. The van der Waals surface area contributed by atoms with Gasteiger partial charge in [-0.15, -0.1) is 0 Å². The Labute approximate surface area is 150 Å². The molecule has 0 bridgehead atoms. The van der Waals surface area contributed by atoms with Gasteiger partial charge in [0.1, 0.15) is 11.6 Å². The molecule has 1 saturated carbocycles. The van der Waals surface area contributed by atoms with Gasteiger partial charge in [0.05, 0.1) is 5.69 Å². The van der Waals surface area contributed by atoms with Crippen molar-refractivity contribution in [2.45, 2.75) is 62.3 Å². The molecule has 1 N–H and O–H groups in total. The van der Waals surface area contributed by atoms with E-state index in [0.717, 1.165) is 12.8 Å². The lowest BCUT2D eigenvalue weighted by Gasteiger charge is -2.21. The van der Waals surface area contributed by atoms with Crippen molar-refractivity contribution < 1.29 is 8.78 Å². The van der Waals surface area contributed by atoms with Crippen LogP contribution in [-0.4, -0.2) is 15.2 Å². The molecule has 3 nitrogen and oxygen atoms in total. The maximum absolute atomic E-state index is 14.1. The molecule has 134 valence electrons. The van der Waals surface area contributed by atoms with Crippen LogP contribution in [0.15, 0.2) is 28.2 Å². The van der Waals surface area contributed by atoms with Gasteiger partial charge in [-0.2, -0.15) is 0 Å². The number of benzene rings is 1. The van der Waals surface area contributed by atoms with Crippen molar-refractivity contribution in [3.8, 4) is 0 Å². The Morgan fingerprint density at radius 2 is 1.84 bits per heavy atom. The Kier molecular flexibility index (Phi) is 5.57. The highest BCUT2D eigenvalue weighted by Gasteiger charge is 2.23. The third-order valence-electron chi connectivity index (χ3n) is 4.84. The molecule has 1 aliphatic carbocycles. The first-order chi connectivity index (χ1) is 12.0. The Bertz CT molecular complexity index is 795. The minimum absolute atomic E-state index is 0.0442. The van der Waals surface area contributed by atoms with Crippen molar-refractivity contribution >= 4 is 11.8 Å². The van der Waals surface area contributed by atoms with Crippen LogP contribution in [0, 0.1) is 18.6 Å². The topological polar surface area (TPSA) is 45.8 Å². The second-order valence-electron chi connectivity index (χ2n) is 6.62. The lowest BCUT2D eigenvalue weighted by molar-refractivity contribution is 0.515. The van der Waals surface area contributed by atoms with Crippen LogP contribution in [-0.2, 0) is 0 Å². The second kappa shape index (κ2) is 7.68. The summed E-state index contributed by atoms with van der Waals surface area (Å²) in [4.78, 5) is 19.7. The summed E-state index contributed by atoms with van der Waals surface area (Å²) >= 11 is 1.57. The number of thioether (sulfide) groups is 1. The van der Waals surface area contributed by atoms with Crippen LogP contribution in [0.5, 0.6) is 0 Å². The third kappa shape index (κ3) is 3.94. The van der Waals surface area contributed by atoms with Crippen LogP contribution < -0.4 is 5.56 Å². The lowest BCUT2D eigenvalue weighted by Crippen LogP contribution is -2.20. The summed E-state index contributed by atoms with van der Waals surface area (Å²) in [5, 5.41) is 0.981. The predicted molar refractivity (Wildman–Crippen MR) is 96.2 cm³/mol. The average Bonchev–Trinajstić information content (AvgIpc) is 2.58. The zero-order valence-corrected chi connectivity index (χ0v) is 15.3. The zero-order chi connectivity index (χ0) is 18.0. The van der Waals surface area contributed by atoms with E-state index >= 15 is 0 Å². The zero-order valence-electron chi connectivity index (χ0n) is 14.4. The molecule has 0 radical (unpaired) electrons. The standard InChI is InChI=1S/C19H22F2N2OS/c1-11(16-14(20)9-6-10-15(16)21)17-12(2)18(24)23-19(22-17)25-13-7-4-3-5-8-13/h6,9-11,13H,3-5,7-8H2,1-2H3,(H,22,23,24)/t11-/m1/s1.